The average Bonchev–Trinajstić information content (AvgIpc) is 3.61. The molecule has 0 radical (unpaired) electrons. The lowest BCUT2D eigenvalue weighted by molar-refractivity contribution is -0.147. The number of aliphatic imine (C=N–C) groups is 2. The average molecular weight is 646 g/mol. The summed E-state index contributed by atoms with van der Waals surface area (Å²) >= 11 is 7.76. The molecule has 0 bridgehead atoms. The van der Waals surface area contributed by atoms with E-state index in [9.17, 15) is 23.9 Å². The van der Waals surface area contributed by atoms with Gasteiger partial charge < -0.3 is 20.1 Å². The molecule has 1 aromatic carbocycles. The first kappa shape index (κ1) is 31.5. The Morgan fingerprint density at radius 1 is 1.34 bits per heavy atom. The Hall–Kier alpha value is -3.88. The van der Waals surface area contributed by atoms with Gasteiger partial charge in [0.05, 0.1) is 29.2 Å². The van der Waals surface area contributed by atoms with Crippen LogP contribution in [0.4, 0.5) is 9.18 Å². The first-order valence-corrected chi connectivity index (χ1v) is 15.3. The molecule has 44 heavy (non-hydrogen) atoms. The molecule has 1 aromatic heterocycles. The van der Waals surface area contributed by atoms with Gasteiger partial charge in [0.15, 0.2) is 16.5 Å². The summed E-state index contributed by atoms with van der Waals surface area (Å²) in [4.78, 5) is 57.3. The molecule has 2 saturated heterocycles. The first-order chi connectivity index (χ1) is 20.9. The topological polar surface area (TPSA) is 140 Å². The number of carboxylic acids is 1. The SMILES string of the molecule is C=N[C@@]12CN(CC3=C(C(=O)OCC)[C@H](c4cccc(F)c4Cl)N=C(c4nccs4)N3)CCN1C(=O)N(CC(C)(C)C(=O)O)C2. The molecule has 4 heterocycles. The predicted octanol–water partition coefficient (Wildman–Crippen LogP) is 3.40. The van der Waals surface area contributed by atoms with Crippen molar-refractivity contribution >= 4 is 53.5 Å². The van der Waals surface area contributed by atoms with Crippen LogP contribution >= 0.6 is 22.9 Å². The van der Waals surface area contributed by atoms with Crippen molar-refractivity contribution in [1.29, 1.82) is 0 Å². The number of hydrogen-bond donors (Lipinski definition) is 2. The molecular formula is C29H33ClFN7O5S. The van der Waals surface area contributed by atoms with Crippen LogP contribution in [0.15, 0.2) is 51.0 Å². The standard InChI is InChI=1S/C29H33ClFN7O5S/c1-5-43-25(39)20-19(34-23(24-33-9-12-44-24)35-22(20)17-7-6-8-18(31)21(17)30)13-36-10-11-38-27(42)37(14-28(2,3)26(40)41)16-29(38,15-36)32-4/h6-9,12,22H,4-5,10-11,13-16H2,1-3H3,(H,34,35)(H,40,41)/t22-,29-/m0/s1. The fourth-order valence-electron chi connectivity index (χ4n) is 5.71. The summed E-state index contributed by atoms with van der Waals surface area (Å²) in [5.74, 6) is -1.89. The Labute approximate surface area is 262 Å². The number of aliphatic carboxylic acids is 1. The largest absolute Gasteiger partial charge is 0.481 e. The summed E-state index contributed by atoms with van der Waals surface area (Å²) in [6, 6.07) is 3.08. The van der Waals surface area contributed by atoms with E-state index in [-0.39, 0.29) is 49.4 Å². The van der Waals surface area contributed by atoms with E-state index in [4.69, 9.17) is 21.3 Å². The molecule has 0 unspecified atom stereocenters. The van der Waals surface area contributed by atoms with Crippen LogP contribution in [-0.4, -0.2) is 107 Å². The van der Waals surface area contributed by atoms with Crippen LogP contribution in [0.2, 0.25) is 5.02 Å². The number of carboxylic acid groups (broad SMARTS) is 1. The second kappa shape index (κ2) is 12.3. The van der Waals surface area contributed by atoms with Crippen molar-refractivity contribution in [2.45, 2.75) is 32.5 Å². The predicted molar refractivity (Wildman–Crippen MR) is 163 cm³/mol. The molecule has 2 fully saturated rings. The van der Waals surface area contributed by atoms with E-state index < -0.39 is 34.9 Å². The molecular weight excluding hydrogens is 613 g/mol. The molecule has 0 saturated carbocycles. The molecule has 2 amide bonds. The number of amides is 2. The fraction of sp³-hybridized carbons (Fsp3) is 0.448. The summed E-state index contributed by atoms with van der Waals surface area (Å²) < 4.78 is 20.1. The Morgan fingerprint density at radius 2 is 2.11 bits per heavy atom. The molecule has 2 N–H and O–H groups in total. The summed E-state index contributed by atoms with van der Waals surface area (Å²) in [6.07, 6.45) is 1.63. The fourth-order valence-corrected chi connectivity index (χ4v) is 6.53. The van der Waals surface area contributed by atoms with Gasteiger partial charge in [-0.25, -0.2) is 19.0 Å². The second-order valence-corrected chi connectivity index (χ2v) is 12.7. The van der Waals surface area contributed by atoms with Gasteiger partial charge in [-0.05, 0) is 33.6 Å². The van der Waals surface area contributed by atoms with Crippen molar-refractivity contribution in [3.63, 3.8) is 0 Å². The summed E-state index contributed by atoms with van der Waals surface area (Å²) in [7, 11) is 0. The van der Waals surface area contributed by atoms with Gasteiger partial charge in [0.1, 0.15) is 11.9 Å². The highest BCUT2D eigenvalue weighted by molar-refractivity contribution is 7.11. The molecule has 234 valence electrons. The molecule has 12 nitrogen and oxygen atoms in total. The Bertz CT molecular complexity index is 1550. The number of aromatic nitrogens is 1. The van der Waals surface area contributed by atoms with Crippen molar-refractivity contribution in [3.8, 4) is 0 Å². The maximum Gasteiger partial charge on any atom is 0.338 e. The van der Waals surface area contributed by atoms with Crippen LogP contribution in [0.5, 0.6) is 0 Å². The zero-order chi connectivity index (χ0) is 31.8. The first-order valence-electron chi connectivity index (χ1n) is 14.0. The molecule has 2 aromatic rings. The molecule has 5 rings (SSSR count). The van der Waals surface area contributed by atoms with Crippen LogP contribution in [0, 0.1) is 11.2 Å². The summed E-state index contributed by atoms with van der Waals surface area (Å²) in [5.41, 5.74) is -1.24. The van der Waals surface area contributed by atoms with Gasteiger partial charge in [0.25, 0.3) is 0 Å². The number of benzene rings is 1. The van der Waals surface area contributed by atoms with Gasteiger partial charge in [0.2, 0.25) is 0 Å². The molecule has 0 aliphatic carbocycles. The van der Waals surface area contributed by atoms with Gasteiger partial charge >= 0.3 is 18.0 Å². The third-order valence-corrected chi connectivity index (χ3v) is 9.12. The highest BCUT2D eigenvalue weighted by Crippen LogP contribution is 2.39. The second-order valence-electron chi connectivity index (χ2n) is 11.4. The lowest BCUT2D eigenvalue weighted by atomic mass is 9.93. The monoisotopic (exact) mass is 645 g/mol. The summed E-state index contributed by atoms with van der Waals surface area (Å²) in [6.45, 7) is 10.1. The minimum atomic E-state index is -1.16. The number of rotatable bonds is 10. The highest BCUT2D eigenvalue weighted by atomic mass is 35.5. The van der Waals surface area contributed by atoms with Gasteiger partial charge in [-0.2, -0.15) is 0 Å². The number of esters is 1. The number of urea groups is 1. The lowest BCUT2D eigenvalue weighted by Crippen LogP contribution is -2.61. The number of carbonyl (C=O) groups is 3. The van der Waals surface area contributed by atoms with Crippen LogP contribution < -0.4 is 5.32 Å². The van der Waals surface area contributed by atoms with Crippen molar-refractivity contribution in [2.75, 3.05) is 45.9 Å². The normalized spacial score (nSPS) is 22.4. The van der Waals surface area contributed by atoms with Crippen LogP contribution in [0.3, 0.4) is 0 Å². The minimum absolute atomic E-state index is 0.0123. The Balaban J connectivity index is 1.51. The van der Waals surface area contributed by atoms with Crippen LogP contribution in [-0.2, 0) is 14.3 Å². The lowest BCUT2D eigenvalue weighted by Gasteiger charge is -2.43. The van der Waals surface area contributed by atoms with Crippen molar-refractivity contribution in [2.24, 2.45) is 15.4 Å². The Morgan fingerprint density at radius 3 is 2.77 bits per heavy atom. The molecule has 2 atom stereocenters. The quantitative estimate of drug-likeness (QED) is 0.296. The van der Waals surface area contributed by atoms with Gasteiger partial charge in [-0.1, -0.05) is 23.7 Å². The van der Waals surface area contributed by atoms with E-state index in [0.717, 1.165) is 0 Å². The molecule has 0 spiro atoms. The third-order valence-electron chi connectivity index (χ3n) is 7.94. The number of nitrogens with one attached hydrogen (secondary N) is 1. The van der Waals surface area contributed by atoms with E-state index in [1.54, 1.807) is 43.3 Å². The Kier molecular flexibility index (Phi) is 8.78. The van der Waals surface area contributed by atoms with Crippen LogP contribution in [0.1, 0.15) is 37.4 Å². The maximum atomic E-state index is 14.6. The zero-order valence-corrected chi connectivity index (χ0v) is 26.1. The number of carbonyl (C=O) groups excluding carboxylic acids is 2. The number of thiazole rings is 1. The number of nitrogens with zero attached hydrogens (tertiary/aromatic N) is 6. The van der Waals surface area contributed by atoms with Gasteiger partial charge in [-0.3, -0.25) is 24.6 Å². The smallest absolute Gasteiger partial charge is 0.338 e. The van der Waals surface area contributed by atoms with Gasteiger partial charge in [0, 0.05) is 55.6 Å². The molecule has 3 aliphatic heterocycles. The van der Waals surface area contributed by atoms with E-state index in [1.165, 1.54) is 28.4 Å². The number of hydrogen-bond acceptors (Lipinski definition) is 10. The van der Waals surface area contributed by atoms with E-state index in [0.29, 0.717) is 35.2 Å². The van der Waals surface area contributed by atoms with Crippen molar-refractivity contribution in [3.05, 3.63) is 62.5 Å². The number of ether oxygens (including phenoxy) is 1. The number of fused-ring (bicyclic) bond motifs is 1. The van der Waals surface area contributed by atoms with E-state index >= 15 is 0 Å². The van der Waals surface area contributed by atoms with E-state index in [1.807, 2.05) is 4.90 Å². The van der Waals surface area contributed by atoms with Crippen molar-refractivity contribution in [1.82, 2.24) is 25.0 Å². The highest BCUT2D eigenvalue weighted by Gasteiger charge is 2.53. The van der Waals surface area contributed by atoms with Gasteiger partial charge in [-0.15, -0.1) is 11.3 Å². The van der Waals surface area contributed by atoms with Crippen molar-refractivity contribution < 1.29 is 28.6 Å². The molecule has 15 heteroatoms. The summed E-state index contributed by atoms with van der Waals surface area (Å²) in [5, 5.41) is 15.1. The molecule has 3 aliphatic rings. The number of amidine groups is 1. The van der Waals surface area contributed by atoms with E-state index in [2.05, 4.69) is 22.0 Å². The van der Waals surface area contributed by atoms with Crippen LogP contribution in [0.25, 0.3) is 0 Å². The zero-order valence-electron chi connectivity index (χ0n) is 24.5. The maximum absolute atomic E-state index is 14.6. The number of piperazine rings is 1. The minimum Gasteiger partial charge on any atom is -0.481 e. The third kappa shape index (κ3) is 5.81. The number of halogens is 2.